The van der Waals surface area contributed by atoms with Gasteiger partial charge in [-0.05, 0) is 29.1 Å². The number of benzene rings is 4. The van der Waals surface area contributed by atoms with Crippen LogP contribution in [-0.2, 0) is 0 Å². The quantitative estimate of drug-likeness (QED) is 0.281. The Kier molecular flexibility index (Phi) is 4.98. The van der Waals surface area contributed by atoms with Gasteiger partial charge in [-0.15, -0.1) is 11.3 Å². The van der Waals surface area contributed by atoms with E-state index in [0.717, 1.165) is 22.3 Å². The van der Waals surface area contributed by atoms with Gasteiger partial charge < -0.3 is 0 Å². The van der Waals surface area contributed by atoms with Gasteiger partial charge in [-0.3, -0.25) is 0 Å². The number of hydrogen-bond acceptors (Lipinski definition) is 4. The average Bonchev–Trinajstić information content (AvgIpc) is 3.34. The molecule has 0 amide bonds. The van der Waals surface area contributed by atoms with Crippen LogP contribution in [0.25, 0.3) is 54.7 Å². The lowest BCUT2D eigenvalue weighted by molar-refractivity contribution is 1.07. The molecule has 4 aromatic carbocycles. The van der Waals surface area contributed by atoms with Gasteiger partial charge in [-0.1, -0.05) is 97.1 Å². The van der Waals surface area contributed by atoms with Crippen LogP contribution in [0.1, 0.15) is 0 Å². The second-order valence-electron chi connectivity index (χ2n) is 7.77. The van der Waals surface area contributed by atoms with E-state index in [4.69, 9.17) is 15.0 Å². The Morgan fingerprint density at radius 3 is 1.58 bits per heavy atom. The van der Waals surface area contributed by atoms with Crippen LogP contribution in [0.3, 0.4) is 0 Å². The molecule has 0 fully saturated rings. The lowest BCUT2D eigenvalue weighted by atomic mass is 10.1. The summed E-state index contributed by atoms with van der Waals surface area (Å²) < 4.78 is 1.29. The zero-order chi connectivity index (χ0) is 22.0. The summed E-state index contributed by atoms with van der Waals surface area (Å²) in [7, 11) is 0. The second kappa shape index (κ2) is 8.41. The predicted molar refractivity (Wildman–Crippen MR) is 137 cm³/mol. The van der Waals surface area contributed by atoms with E-state index in [2.05, 4.69) is 54.6 Å². The van der Waals surface area contributed by atoms with Gasteiger partial charge in [0.1, 0.15) is 0 Å². The summed E-state index contributed by atoms with van der Waals surface area (Å²) in [5, 5.41) is 1.26. The number of aromatic nitrogens is 3. The molecule has 6 rings (SSSR count). The van der Waals surface area contributed by atoms with Crippen molar-refractivity contribution >= 4 is 21.4 Å². The van der Waals surface area contributed by atoms with Crippen LogP contribution >= 0.6 is 11.3 Å². The predicted octanol–water partition coefficient (Wildman–Crippen LogP) is 7.75. The molecule has 0 unspecified atom stereocenters. The van der Waals surface area contributed by atoms with E-state index in [1.54, 1.807) is 11.3 Å². The summed E-state index contributed by atoms with van der Waals surface area (Å²) in [5.74, 6) is 2.02. The Balaban J connectivity index is 1.49. The van der Waals surface area contributed by atoms with E-state index < -0.39 is 0 Å². The molecular weight excluding hydrogens is 422 g/mol. The summed E-state index contributed by atoms with van der Waals surface area (Å²) in [5.41, 5.74) is 4.08. The van der Waals surface area contributed by atoms with Gasteiger partial charge in [-0.2, -0.15) is 0 Å². The minimum Gasteiger partial charge on any atom is -0.208 e. The summed E-state index contributed by atoms with van der Waals surface area (Å²) in [6.07, 6.45) is 0. The molecule has 0 atom stereocenters. The van der Waals surface area contributed by atoms with Gasteiger partial charge in [0.15, 0.2) is 17.5 Å². The van der Waals surface area contributed by atoms with Crippen molar-refractivity contribution in [3.8, 4) is 44.6 Å². The number of fused-ring (bicyclic) bond motifs is 1. The topological polar surface area (TPSA) is 38.7 Å². The number of thiophene rings is 1. The summed E-state index contributed by atoms with van der Waals surface area (Å²) >= 11 is 1.80. The third-order valence-electron chi connectivity index (χ3n) is 5.53. The van der Waals surface area contributed by atoms with Crippen molar-refractivity contribution in [3.05, 3.63) is 115 Å². The molecule has 6 aromatic rings. The molecule has 0 aliphatic carbocycles. The molecule has 4 heteroatoms. The highest BCUT2D eigenvalue weighted by Gasteiger charge is 2.13. The van der Waals surface area contributed by atoms with E-state index in [-0.39, 0.29) is 0 Å². The standard InChI is InChI=1S/C29H19N3S/c1-3-10-20(11-4-1)27-30-28(21-12-5-2-6-13-21)32-29(31-27)24-16-9-15-22(18-24)26-19-23-14-7-8-17-25(23)33-26/h1-19H. The fraction of sp³-hybridized carbons (Fsp3) is 0. The third kappa shape index (κ3) is 3.93. The van der Waals surface area contributed by atoms with Crippen LogP contribution in [-0.4, -0.2) is 15.0 Å². The lowest BCUT2D eigenvalue weighted by Crippen LogP contribution is -2.00. The van der Waals surface area contributed by atoms with Crippen molar-refractivity contribution in [2.45, 2.75) is 0 Å². The van der Waals surface area contributed by atoms with Crippen LogP contribution in [0.4, 0.5) is 0 Å². The number of nitrogens with zero attached hydrogens (tertiary/aromatic N) is 3. The molecule has 0 spiro atoms. The van der Waals surface area contributed by atoms with E-state index in [9.17, 15) is 0 Å². The smallest absolute Gasteiger partial charge is 0.164 e. The normalized spacial score (nSPS) is 11.0. The van der Waals surface area contributed by atoms with Gasteiger partial charge in [0.25, 0.3) is 0 Å². The average molecular weight is 442 g/mol. The van der Waals surface area contributed by atoms with Crippen molar-refractivity contribution in [2.24, 2.45) is 0 Å². The SMILES string of the molecule is c1ccc(-c2nc(-c3ccccc3)nc(-c3cccc(-c4cc5ccccc5s4)c3)n2)cc1. The van der Waals surface area contributed by atoms with Crippen LogP contribution < -0.4 is 0 Å². The minimum atomic E-state index is 0.672. The fourth-order valence-electron chi connectivity index (χ4n) is 3.87. The lowest BCUT2D eigenvalue weighted by Gasteiger charge is -2.09. The molecule has 2 heterocycles. The number of rotatable bonds is 4. The first-order valence-electron chi connectivity index (χ1n) is 10.8. The highest BCUT2D eigenvalue weighted by molar-refractivity contribution is 7.22. The van der Waals surface area contributed by atoms with Crippen molar-refractivity contribution < 1.29 is 0 Å². The maximum Gasteiger partial charge on any atom is 0.164 e. The molecule has 33 heavy (non-hydrogen) atoms. The molecule has 0 saturated carbocycles. The van der Waals surface area contributed by atoms with E-state index in [1.807, 2.05) is 60.7 Å². The van der Waals surface area contributed by atoms with Gasteiger partial charge in [0.05, 0.1) is 0 Å². The maximum atomic E-state index is 4.86. The highest BCUT2D eigenvalue weighted by atomic mass is 32.1. The molecule has 0 aliphatic heterocycles. The first-order chi connectivity index (χ1) is 16.3. The summed E-state index contributed by atoms with van der Waals surface area (Å²) in [6, 6.07) is 39.3. The Bertz CT molecular complexity index is 1470. The largest absolute Gasteiger partial charge is 0.208 e. The van der Waals surface area contributed by atoms with Gasteiger partial charge in [0.2, 0.25) is 0 Å². The zero-order valence-electron chi connectivity index (χ0n) is 17.7. The van der Waals surface area contributed by atoms with Crippen molar-refractivity contribution in [1.82, 2.24) is 15.0 Å². The molecule has 0 saturated heterocycles. The highest BCUT2D eigenvalue weighted by Crippen LogP contribution is 2.35. The van der Waals surface area contributed by atoms with Crippen LogP contribution in [0, 0.1) is 0 Å². The molecule has 156 valence electrons. The molecule has 3 nitrogen and oxygen atoms in total. The monoisotopic (exact) mass is 441 g/mol. The molecule has 0 bridgehead atoms. The third-order valence-corrected chi connectivity index (χ3v) is 6.70. The fourth-order valence-corrected chi connectivity index (χ4v) is 4.93. The molecular formula is C29H19N3S. The molecule has 0 aliphatic rings. The number of hydrogen-bond donors (Lipinski definition) is 0. The van der Waals surface area contributed by atoms with Gasteiger partial charge >= 0.3 is 0 Å². The van der Waals surface area contributed by atoms with Crippen molar-refractivity contribution in [3.63, 3.8) is 0 Å². The van der Waals surface area contributed by atoms with E-state index >= 15 is 0 Å². The first-order valence-corrected chi connectivity index (χ1v) is 11.6. The maximum absolute atomic E-state index is 4.86. The Morgan fingerprint density at radius 1 is 0.424 bits per heavy atom. The van der Waals surface area contributed by atoms with E-state index in [0.29, 0.717) is 17.5 Å². The minimum absolute atomic E-state index is 0.672. The van der Waals surface area contributed by atoms with Crippen LogP contribution in [0.5, 0.6) is 0 Å². The van der Waals surface area contributed by atoms with Crippen LogP contribution in [0.2, 0.25) is 0 Å². The Morgan fingerprint density at radius 2 is 0.939 bits per heavy atom. The van der Waals surface area contributed by atoms with Crippen molar-refractivity contribution in [1.29, 1.82) is 0 Å². The summed E-state index contributed by atoms with van der Waals surface area (Å²) in [6.45, 7) is 0. The molecule has 0 N–H and O–H groups in total. The second-order valence-corrected chi connectivity index (χ2v) is 8.85. The molecule has 2 aromatic heterocycles. The van der Waals surface area contributed by atoms with Gasteiger partial charge in [-0.25, -0.2) is 15.0 Å². The first kappa shape index (κ1) is 19.5. The molecule has 0 radical (unpaired) electrons. The van der Waals surface area contributed by atoms with Gasteiger partial charge in [0, 0.05) is 26.3 Å². The van der Waals surface area contributed by atoms with Crippen LogP contribution in [0.15, 0.2) is 115 Å². The zero-order valence-corrected chi connectivity index (χ0v) is 18.5. The van der Waals surface area contributed by atoms with E-state index in [1.165, 1.54) is 15.0 Å². The Hall–Kier alpha value is -4.15. The Labute approximate surface area is 196 Å². The summed E-state index contributed by atoms with van der Waals surface area (Å²) in [4.78, 5) is 15.7. The van der Waals surface area contributed by atoms with Crippen molar-refractivity contribution in [2.75, 3.05) is 0 Å².